The molecule has 0 aromatic heterocycles. The summed E-state index contributed by atoms with van der Waals surface area (Å²) in [5.74, 6) is 0. The molecule has 0 aliphatic rings. The van der Waals surface area contributed by atoms with E-state index < -0.39 is 17.8 Å². The SMILES string of the molecule is C[C@H](N)c1ccc(Br)c(C(F)(F)F)c1. The number of hydrogen-bond donors (Lipinski definition) is 1. The molecule has 0 aliphatic carbocycles. The Kier molecular flexibility index (Phi) is 3.21. The van der Waals surface area contributed by atoms with E-state index in [1.165, 1.54) is 6.07 Å². The van der Waals surface area contributed by atoms with Gasteiger partial charge in [-0.15, -0.1) is 0 Å². The predicted octanol–water partition coefficient (Wildman–Crippen LogP) is 3.49. The predicted molar refractivity (Wildman–Crippen MR) is 51.7 cm³/mol. The number of rotatable bonds is 1. The van der Waals surface area contributed by atoms with Crippen molar-refractivity contribution in [3.63, 3.8) is 0 Å². The van der Waals surface area contributed by atoms with Crippen LogP contribution in [0.15, 0.2) is 22.7 Å². The summed E-state index contributed by atoms with van der Waals surface area (Å²) in [5, 5.41) is 0. The number of hydrogen-bond acceptors (Lipinski definition) is 1. The Bertz CT molecular complexity index is 333. The quantitative estimate of drug-likeness (QED) is 0.828. The highest BCUT2D eigenvalue weighted by Crippen LogP contribution is 2.35. The average molecular weight is 268 g/mol. The smallest absolute Gasteiger partial charge is 0.324 e. The van der Waals surface area contributed by atoms with Crippen molar-refractivity contribution >= 4 is 15.9 Å². The minimum atomic E-state index is -4.34. The van der Waals surface area contributed by atoms with Crippen molar-refractivity contribution in [3.8, 4) is 0 Å². The first-order valence-corrected chi connectivity index (χ1v) is 4.74. The van der Waals surface area contributed by atoms with E-state index in [-0.39, 0.29) is 4.47 Å². The number of halogens is 4. The van der Waals surface area contributed by atoms with Crippen molar-refractivity contribution in [1.29, 1.82) is 0 Å². The van der Waals surface area contributed by atoms with Crippen LogP contribution in [0, 0.1) is 0 Å². The van der Waals surface area contributed by atoms with Gasteiger partial charge in [-0.05, 0) is 24.6 Å². The fraction of sp³-hybridized carbons (Fsp3) is 0.333. The minimum absolute atomic E-state index is 0.0365. The Morgan fingerprint density at radius 3 is 2.36 bits per heavy atom. The third-order valence-corrected chi connectivity index (χ3v) is 2.51. The lowest BCUT2D eigenvalue weighted by Gasteiger charge is -2.12. The highest BCUT2D eigenvalue weighted by molar-refractivity contribution is 9.10. The van der Waals surface area contributed by atoms with Crippen LogP contribution in [0.3, 0.4) is 0 Å². The molecule has 0 spiro atoms. The summed E-state index contributed by atoms with van der Waals surface area (Å²) >= 11 is 2.85. The highest BCUT2D eigenvalue weighted by Gasteiger charge is 2.33. The lowest BCUT2D eigenvalue weighted by atomic mass is 10.1. The van der Waals surface area contributed by atoms with E-state index in [1.807, 2.05) is 0 Å². The lowest BCUT2D eigenvalue weighted by molar-refractivity contribution is -0.138. The summed E-state index contributed by atoms with van der Waals surface area (Å²) in [6.07, 6.45) is -4.34. The van der Waals surface area contributed by atoms with Crippen LogP contribution in [0.1, 0.15) is 24.1 Å². The second-order valence-corrected chi connectivity index (χ2v) is 3.88. The molecule has 1 atom stereocenters. The minimum Gasteiger partial charge on any atom is -0.324 e. The molecule has 5 heteroatoms. The van der Waals surface area contributed by atoms with Gasteiger partial charge in [-0.1, -0.05) is 22.0 Å². The van der Waals surface area contributed by atoms with Gasteiger partial charge in [0.1, 0.15) is 0 Å². The van der Waals surface area contributed by atoms with Crippen LogP contribution in [-0.2, 0) is 6.18 Å². The van der Waals surface area contributed by atoms with Gasteiger partial charge in [0.05, 0.1) is 5.56 Å². The molecular formula is C9H9BrF3N. The van der Waals surface area contributed by atoms with Gasteiger partial charge in [0.15, 0.2) is 0 Å². The van der Waals surface area contributed by atoms with Gasteiger partial charge in [-0.3, -0.25) is 0 Å². The first-order valence-electron chi connectivity index (χ1n) is 3.94. The van der Waals surface area contributed by atoms with Crippen LogP contribution in [0.5, 0.6) is 0 Å². The molecule has 0 aliphatic heterocycles. The van der Waals surface area contributed by atoms with E-state index in [0.717, 1.165) is 6.07 Å². The third kappa shape index (κ3) is 2.48. The van der Waals surface area contributed by atoms with Gasteiger partial charge in [-0.25, -0.2) is 0 Å². The van der Waals surface area contributed by atoms with E-state index in [2.05, 4.69) is 15.9 Å². The zero-order valence-corrected chi connectivity index (χ0v) is 8.98. The first-order chi connectivity index (χ1) is 6.32. The van der Waals surface area contributed by atoms with E-state index in [1.54, 1.807) is 13.0 Å². The van der Waals surface area contributed by atoms with Gasteiger partial charge in [0.25, 0.3) is 0 Å². The van der Waals surface area contributed by atoms with Crippen LogP contribution in [-0.4, -0.2) is 0 Å². The zero-order chi connectivity index (χ0) is 10.9. The topological polar surface area (TPSA) is 26.0 Å². The van der Waals surface area contributed by atoms with Crippen LogP contribution in [0.25, 0.3) is 0 Å². The van der Waals surface area contributed by atoms with Crippen LogP contribution < -0.4 is 5.73 Å². The Hall–Kier alpha value is -0.550. The molecule has 1 aromatic rings. The summed E-state index contributed by atoms with van der Waals surface area (Å²) in [6, 6.07) is 3.60. The normalized spacial score (nSPS) is 14.1. The highest BCUT2D eigenvalue weighted by atomic mass is 79.9. The molecule has 14 heavy (non-hydrogen) atoms. The first kappa shape index (κ1) is 11.5. The van der Waals surface area contributed by atoms with Gasteiger partial charge in [0.2, 0.25) is 0 Å². The molecule has 78 valence electrons. The van der Waals surface area contributed by atoms with E-state index in [0.29, 0.717) is 5.56 Å². The van der Waals surface area contributed by atoms with E-state index in [4.69, 9.17) is 5.73 Å². The molecule has 0 bridgehead atoms. The van der Waals surface area contributed by atoms with Crippen molar-refractivity contribution in [2.24, 2.45) is 5.73 Å². The van der Waals surface area contributed by atoms with Crippen LogP contribution in [0.2, 0.25) is 0 Å². The van der Waals surface area contributed by atoms with Gasteiger partial charge >= 0.3 is 6.18 Å². The van der Waals surface area contributed by atoms with Crippen molar-refractivity contribution in [2.45, 2.75) is 19.1 Å². The molecule has 0 unspecified atom stereocenters. The maximum Gasteiger partial charge on any atom is 0.417 e. The number of benzene rings is 1. The van der Waals surface area contributed by atoms with Gasteiger partial charge in [-0.2, -0.15) is 13.2 Å². The molecule has 0 heterocycles. The lowest BCUT2D eigenvalue weighted by Crippen LogP contribution is -2.10. The summed E-state index contributed by atoms with van der Waals surface area (Å²) in [5.41, 5.74) is 5.28. The monoisotopic (exact) mass is 267 g/mol. The zero-order valence-electron chi connectivity index (χ0n) is 7.40. The standard InChI is InChI=1S/C9H9BrF3N/c1-5(14)6-2-3-8(10)7(4-6)9(11,12)13/h2-5H,14H2,1H3/t5-/m0/s1. The Morgan fingerprint density at radius 2 is 1.93 bits per heavy atom. The molecule has 0 saturated heterocycles. The molecule has 0 radical (unpaired) electrons. The summed E-state index contributed by atoms with van der Waals surface area (Å²) in [7, 11) is 0. The Morgan fingerprint density at radius 1 is 1.36 bits per heavy atom. The number of alkyl halides is 3. The summed E-state index contributed by atoms with van der Waals surface area (Å²) in [4.78, 5) is 0. The van der Waals surface area contributed by atoms with Gasteiger partial charge < -0.3 is 5.73 Å². The Balaban J connectivity index is 3.22. The summed E-state index contributed by atoms with van der Waals surface area (Å²) in [6.45, 7) is 1.64. The molecule has 1 nitrogen and oxygen atoms in total. The summed E-state index contributed by atoms with van der Waals surface area (Å²) < 4.78 is 37.3. The fourth-order valence-corrected chi connectivity index (χ4v) is 1.51. The third-order valence-electron chi connectivity index (χ3n) is 1.82. The van der Waals surface area contributed by atoms with Crippen molar-refractivity contribution in [2.75, 3.05) is 0 Å². The molecule has 0 fully saturated rings. The van der Waals surface area contributed by atoms with E-state index in [9.17, 15) is 13.2 Å². The maximum absolute atomic E-state index is 12.4. The van der Waals surface area contributed by atoms with Crippen molar-refractivity contribution in [3.05, 3.63) is 33.8 Å². The Labute approximate surface area is 88.2 Å². The largest absolute Gasteiger partial charge is 0.417 e. The average Bonchev–Trinajstić information content (AvgIpc) is 2.02. The van der Waals surface area contributed by atoms with Gasteiger partial charge in [0, 0.05) is 10.5 Å². The molecular weight excluding hydrogens is 259 g/mol. The second kappa shape index (κ2) is 3.90. The molecule has 1 rings (SSSR count). The molecule has 1 aromatic carbocycles. The van der Waals surface area contributed by atoms with E-state index >= 15 is 0 Å². The molecule has 0 amide bonds. The van der Waals surface area contributed by atoms with Crippen molar-refractivity contribution in [1.82, 2.24) is 0 Å². The maximum atomic E-state index is 12.4. The second-order valence-electron chi connectivity index (χ2n) is 3.03. The molecule has 0 saturated carbocycles. The van der Waals surface area contributed by atoms with Crippen molar-refractivity contribution < 1.29 is 13.2 Å². The number of nitrogens with two attached hydrogens (primary N) is 1. The van der Waals surface area contributed by atoms with Crippen LogP contribution >= 0.6 is 15.9 Å². The molecule has 2 N–H and O–H groups in total. The fourth-order valence-electron chi connectivity index (χ4n) is 1.04. The van der Waals surface area contributed by atoms with Crippen LogP contribution in [0.4, 0.5) is 13.2 Å².